The lowest BCUT2D eigenvalue weighted by molar-refractivity contribution is -0.123. The van der Waals surface area contributed by atoms with Gasteiger partial charge in [0.15, 0.2) is 6.10 Å². The molecule has 1 atom stereocenters. The van der Waals surface area contributed by atoms with Gasteiger partial charge in [0, 0.05) is 5.69 Å². The van der Waals surface area contributed by atoms with E-state index in [0.29, 0.717) is 5.69 Å². The summed E-state index contributed by atoms with van der Waals surface area (Å²) in [5.74, 6) is -1.36. The molecule has 0 fully saturated rings. The normalized spacial score (nSPS) is 12.3. The molecule has 0 heterocycles. The van der Waals surface area contributed by atoms with E-state index in [1.54, 1.807) is 30.3 Å². The lowest BCUT2D eigenvalue weighted by atomic mass is 10.2. The lowest BCUT2D eigenvalue weighted by Crippen LogP contribution is -2.30. The second kappa shape index (κ2) is 8.31. The Bertz CT molecular complexity index is 916. The van der Waals surface area contributed by atoms with Gasteiger partial charge in [-0.25, -0.2) is 17.9 Å². The van der Waals surface area contributed by atoms with Crippen molar-refractivity contribution in [1.82, 2.24) is 4.72 Å². The third-order valence-electron chi connectivity index (χ3n) is 3.42. The van der Waals surface area contributed by atoms with E-state index >= 15 is 0 Å². The molecule has 2 N–H and O–H groups in total. The monoisotopic (exact) mass is 396 g/mol. The van der Waals surface area contributed by atoms with E-state index in [4.69, 9.17) is 16.3 Å². The molecule has 2 rings (SSSR count). The Morgan fingerprint density at radius 2 is 1.77 bits per heavy atom. The Hall–Kier alpha value is -2.42. The van der Waals surface area contributed by atoms with E-state index in [2.05, 4.69) is 10.0 Å². The second-order valence-corrected chi connectivity index (χ2v) is 7.52. The maximum Gasteiger partial charge on any atom is 0.338 e. The van der Waals surface area contributed by atoms with E-state index in [9.17, 15) is 18.0 Å². The Morgan fingerprint density at radius 3 is 2.38 bits per heavy atom. The van der Waals surface area contributed by atoms with E-state index < -0.39 is 28.0 Å². The number of anilines is 1. The van der Waals surface area contributed by atoms with Crippen LogP contribution < -0.4 is 10.0 Å². The summed E-state index contributed by atoms with van der Waals surface area (Å²) < 4.78 is 31.1. The van der Waals surface area contributed by atoms with Crippen LogP contribution >= 0.6 is 11.6 Å². The highest BCUT2D eigenvalue weighted by Gasteiger charge is 2.22. The summed E-state index contributed by atoms with van der Waals surface area (Å²) in [5.41, 5.74) is 0.525. The number of hydrogen-bond donors (Lipinski definition) is 2. The fourth-order valence-electron chi connectivity index (χ4n) is 1.99. The van der Waals surface area contributed by atoms with Gasteiger partial charge in [-0.3, -0.25) is 4.79 Å². The topological polar surface area (TPSA) is 102 Å². The number of ether oxygens (including phenoxy) is 1. The highest BCUT2D eigenvalue weighted by atomic mass is 35.5. The Balaban J connectivity index is 2.12. The van der Waals surface area contributed by atoms with Crippen molar-refractivity contribution in [2.75, 3.05) is 12.4 Å². The number of esters is 1. The number of rotatable bonds is 6. The number of sulfonamides is 1. The summed E-state index contributed by atoms with van der Waals surface area (Å²) in [5, 5.41) is 2.57. The molecule has 2 aromatic rings. The maximum absolute atomic E-state index is 12.2. The number of nitrogens with one attached hydrogen (secondary N) is 2. The first-order valence-corrected chi connectivity index (χ1v) is 9.40. The molecule has 26 heavy (non-hydrogen) atoms. The summed E-state index contributed by atoms with van der Waals surface area (Å²) in [7, 11) is -2.61. The van der Waals surface area contributed by atoms with Gasteiger partial charge in [-0.1, -0.05) is 29.8 Å². The van der Waals surface area contributed by atoms with Crippen LogP contribution in [0.2, 0.25) is 5.02 Å². The van der Waals surface area contributed by atoms with Crippen LogP contribution in [-0.4, -0.2) is 33.4 Å². The van der Waals surface area contributed by atoms with Crippen molar-refractivity contribution in [2.24, 2.45) is 0 Å². The number of carbonyl (C=O) groups excluding carboxylic acids is 2. The molecule has 0 saturated heterocycles. The van der Waals surface area contributed by atoms with Crippen LogP contribution in [0.3, 0.4) is 0 Å². The summed E-state index contributed by atoms with van der Waals surface area (Å²) >= 11 is 5.88. The van der Waals surface area contributed by atoms with Crippen LogP contribution in [0.15, 0.2) is 53.4 Å². The summed E-state index contributed by atoms with van der Waals surface area (Å²) in [6, 6.07) is 12.4. The molecule has 0 aliphatic rings. The van der Waals surface area contributed by atoms with Crippen LogP contribution in [0.5, 0.6) is 0 Å². The standard InChI is InChI=1S/C17H17ClN2O5S/c1-11(16(21)20-13-6-4-3-5-7-13)25-17(22)12-8-9-14(18)15(10-12)26(23,24)19-2/h3-11,19H,1-2H3,(H,20,21)/t11-/m0/s1. The average Bonchev–Trinajstić information content (AvgIpc) is 2.62. The fraction of sp³-hybridized carbons (Fsp3) is 0.176. The highest BCUT2D eigenvalue weighted by molar-refractivity contribution is 7.89. The van der Waals surface area contributed by atoms with Crippen molar-refractivity contribution in [3.05, 3.63) is 59.1 Å². The molecule has 1 amide bonds. The molecule has 138 valence electrons. The summed E-state index contributed by atoms with van der Waals surface area (Å²) in [6.45, 7) is 1.41. The first-order valence-electron chi connectivity index (χ1n) is 7.54. The van der Waals surface area contributed by atoms with Crippen LogP contribution in [0.25, 0.3) is 0 Å². The van der Waals surface area contributed by atoms with Crippen molar-refractivity contribution in [2.45, 2.75) is 17.9 Å². The Kier molecular flexibility index (Phi) is 6.36. The molecule has 2 aromatic carbocycles. The summed E-state index contributed by atoms with van der Waals surface area (Å²) in [4.78, 5) is 24.1. The van der Waals surface area contributed by atoms with Gasteiger partial charge >= 0.3 is 5.97 Å². The SMILES string of the molecule is CNS(=O)(=O)c1cc(C(=O)O[C@@H](C)C(=O)Nc2ccccc2)ccc1Cl. The molecular formula is C17H17ClN2O5S. The van der Waals surface area contributed by atoms with Crippen molar-refractivity contribution in [3.8, 4) is 0 Å². The van der Waals surface area contributed by atoms with Crippen molar-refractivity contribution in [1.29, 1.82) is 0 Å². The third kappa shape index (κ3) is 4.81. The van der Waals surface area contributed by atoms with Crippen LogP contribution in [0.1, 0.15) is 17.3 Å². The molecule has 0 spiro atoms. The molecule has 9 heteroatoms. The van der Waals surface area contributed by atoms with Gasteiger partial charge in [-0.2, -0.15) is 0 Å². The molecule has 7 nitrogen and oxygen atoms in total. The zero-order valence-electron chi connectivity index (χ0n) is 14.0. The Morgan fingerprint density at radius 1 is 1.12 bits per heavy atom. The van der Waals surface area contributed by atoms with Gasteiger partial charge < -0.3 is 10.1 Å². The minimum absolute atomic E-state index is 0.0363. The molecule has 0 unspecified atom stereocenters. The number of halogens is 1. The van der Waals surface area contributed by atoms with Crippen LogP contribution in [0, 0.1) is 0 Å². The van der Waals surface area contributed by atoms with Crippen LogP contribution in [0.4, 0.5) is 5.69 Å². The average molecular weight is 397 g/mol. The second-order valence-electron chi connectivity index (χ2n) is 5.26. The van der Waals surface area contributed by atoms with E-state index in [1.807, 2.05) is 0 Å². The Labute approximate surface area is 156 Å². The predicted molar refractivity (Wildman–Crippen MR) is 97.6 cm³/mol. The molecule has 0 bridgehead atoms. The zero-order valence-corrected chi connectivity index (χ0v) is 15.6. The van der Waals surface area contributed by atoms with E-state index in [0.717, 1.165) is 6.07 Å². The first kappa shape index (κ1) is 19.9. The number of carbonyl (C=O) groups is 2. The smallest absolute Gasteiger partial charge is 0.338 e. The highest BCUT2D eigenvalue weighted by Crippen LogP contribution is 2.23. The third-order valence-corrected chi connectivity index (χ3v) is 5.32. The molecule has 0 saturated carbocycles. The molecular weight excluding hydrogens is 380 g/mol. The van der Waals surface area contributed by atoms with E-state index in [-0.39, 0.29) is 15.5 Å². The van der Waals surface area contributed by atoms with Gasteiger partial charge in [0.25, 0.3) is 5.91 Å². The number of amides is 1. The minimum atomic E-state index is -3.84. The molecule has 0 aliphatic carbocycles. The molecule has 0 radical (unpaired) electrons. The van der Waals surface area contributed by atoms with Crippen molar-refractivity contribution in [3.63, 3.8) is 0 Å². The number of para-hydroxylation sites is 1. The maximum atomic E-state index is 12.2. The number of hydrogen-bond acceptors (Lipinski definition) is 5. The minimum Gasteiger partial charge on any atom is -0.449 e. The zero-order chi connectivity index (χ0) is 19.3. The van der Waals surface area contributed by atoms with E-state index in [1.165, 1.54) is 26.1 Å². The lowest BCUT2D eigenvalue weighted by Gasteiger charge is -2.14. The largest absolute Gasteiger partial charge is 0.449 e. The van der Waals surface area contributed by atoms with Gasteiger partial charge in [0.05, 0.1) is 10.6 Å². The van der Waals surface area contributed by atoms with Gasteiger partial charge in [0.1, 0.15) is 4.90 Å². The van der Waals surface area contributed by atoms with Crippen molar-refractivity contribution < 1.29 is 22.7 Å². The number of benzene rings is 2. The van der Waals surface area contributed by atoms with Crippen LogP contribution in [-0.2, 0) is 19.6 Å². The molecule has 0 aliphatic heterocycles. The summed E-state index contributed by atoms with van der Waals surface area (Å²) in [6.07, 6.45) is -1.08. The first-order chi connectivity index (χ1) is 12.2. The molecule has 0 aromatic heterocycles. The van der Waals surface area contributed by atoms with Gasteiger partial charge in [0.2, 0.25) is 10.0 Å². The van der Waals surface area contributed by atoms with Crippen molar-refractivity contribution >= 4 is 39.2 Å². The van der Waals surface area contributed by atoms with Gasteiger partial charge in [-0.15, -0.1) is 0 Å². The van der Waals surface area contributed by atoms with Gasteiger partial charge in [-0.05, 0) is 44.3 Å². The predicted octanol–water partition coefficient (Wildman–Crippen LogP) is 2.43. The fourth-order valence-corrected chi connectivity index (χ4v) is 3.24. The quantitative estimate of drug-likeness (QED) is 0.730.